The maximum atomic E-state index is 11.1. The van der Waals surface area contributed by atoms with Crippen molar-refractivity contribution in [3.8, 4) is 0 Å². The van der Waals surface area contributed by atoms with Gasteiger partial charge in [-0.25, -0.2) is 0 Å². The third kappa shape index (κ3) is 2.91. The van der Waals surface area contributed by atoms with E-state index in [0.29, 0.717) is 22.7 Å². The summed E-state index contributed by atoms with van der Waals surface area (Å²) in [6.07, 6.45) is 2.23. The van der Waals surface area contributed by atoms with Crippen LogP contribution in [0.25, 0.3) is 0 Å². The SMILES string of the molecule is C=C1CC(C)C(C(BC(C)=O)CC)S1. The van der Waals surface area contributed by atoms with Crippen LogP contribution in [0.15, 0.2) is 11.5 Å². The summed E-state index contributed by atoms with van der Waals surface area (Å²) < 4.78 is 0. The van der Waals surface area contributed by atoms with E-state index in [9.17, 15) is 4.79 Å². The van der Waals surface area contributed by atoms with E-state index in [1.165, 1.54) is 4.91 Å². The lowest BCUT2D eigenvalue weighted by atomic mass is 9.57. The van der Waals surface area contributed by atoms with Gasteiger partial charge >= 0.3 is 0 Å². The second-order valence-electron chi connectivity index (χ2n) is 4.38. The monoisotopic (exact) mass is 210 g/mol. The summed E-state index contributed by atoms with van der Waals surface area (Å²) >= 11 is 1.90. The zero-order chi connectivity index (χ0) is 10.7. The highest BCUT2D eigenvalue weighted by atomic mass is 32.2. The molecule has 0 aromatic carbocycles. The van der Waals surface area contributed by atoms with Crippen LogP contribution in [0.1, 0.15) is 33.6 Å². The van der Waals surface area contributed by atoms with Crippen LogP contribution in [-0.2, 0) is 4.79 Å². The Morgan fingerprint density at radius 3 is 2.79 bits per heavy atom. The summed E-state index contributed by atoms with van der Waals surface area (Å²) in [7, 11) is 0.742. The van der Waals surface area contributed by atoms with Crippen molar-refractivity contribution in [2.24, 2.45) is 5.92 Å². The molecule has 0 N–H and O–H groups in total. The standard InChI is InChI=1S/C11H19BOS/c1-5-10(12-9(4)13)11-7(2)6-8(3)14-11/h7,10-12H,3,5-6H2,1-2,4H3. The van der Waals surface area contributed by atoms with Crippen molar-refractivity contribution in [3.05, 3.63) is 11.5 Å². The van der Waals surface area contributed by atoms with Gasteiger partial charge < -0.3 is 4.79 Å². The highest BCUT2D eigenvalue weighted by molar-refractivity contribution is 8.04. The molecule has 0 bridgehead atoms. The molecule has 3 unspecified atom stereocenters. The molecule has 3 heteroatoms. The molecule has 78 valence electrons. The topological polar surface area (TPSA) is 17.1 Å². The quantitative estimate of drug-likeness (QED) is 0.663. The highest BCUT2D eigenvalue weighted by Gasteiger charge is 2.33. The Morgan fingerprint density at radius 1 is 1.79 bits per heavy atom. The van der Waals surface area contributed by atoms with Crippen LogP contribution in [-0.4, -0.2) is 18.2 Å². The number of hydrogen-bond acceptors (Lipinski definition) is 2. The van der Waals surface area contributed by atoms with Crippen molar-refractivity contribution in [3.63, 3.8) is 0 Å². The second kappa shape index (κ2) is 5.06. The van der Waals surface area contributed by atoms with Crippen LogP contribution in [0, 0.1) is 5.92 Å². The normalized spacial score (nSPS) is 28.9. The zero-order valence-electron chi connectivity index (χ0n) is 9.38. The fourth-order valence-electron chi connectivity index (χ4n) is 2.25. The number of rotatable bonds is 4. The van der Waals surface area contributed by atoms with E-state index in [2.05, 4.69) is 20.4 Å². The van der Waals surface area contributed by atoms with E-state index in [1.54, 1.807) is 6.92 Å². The maximum absolute atomic E-state index is 11.1. The second-order valence-corrected chi connectivity index (χ2v) is 5.73. The first-order chi connectivity index (χ1) is 6.54. The van der Waals surface area contributed by atoms with Crippen LogP contribution in [0.3, 0.4) is 0 Å². The van der Waals surface area contributed by atoms with Crippen LogP contribution < -0.4 is 0 Å². The molecule has 1 rings (SSSR count). The van der Waals surface area contributed by atoms with E-state index in [0.717, 1.165) is 20.1 Å². The van der Waals surface area contributed by atoms with Gasteiger partial charge in [-0.2, -0.15) is 0 Å². The summed E-state index contributed by atoms with van der Waals surface area (Å²) in [5.41, 5.74) is 0.321. The highest BCUT2D eigenvalue weighted by Crippen LogP contribution is 2.46. The van der Waals surface area contributed by atoms with Crippen molar-refractivity contribution in [2.45, 2.75) is 44.7 Å². The largest absolute Gasteiger partial charge is 0.312 e. The Morgan fingerprint density at radius 2 is 2.43 bits per heavy atom. The summed E-state index contributed by atoms with van der Waals surface area (Å²) in [5.74, 6) is 1.24. The van der Waals surface area contributed by atoms with Gasteiger partial charge in [0.1, 0.15) is 0 Å². The third-order valence-corrected chi connectivity index (χ3v) is 4.57. The number of thioether (sulfide) groups is 1. The Bertz CT molecular complexity index is 239. The molecule has 0 aromatic heterocycles. The van der Waals surface area contributed by atoms with Crippen LogP contribution in [0.4, 0.5) is 0 Å². The minimum Gasteiger partial charge on any atom is -0.312 e. The van der Waals surface area contributed by atoms with Crippen LogP contribution >= 0.6 is 11.8 Å². The van der Waals surface area contributed by atoms with E-state index < -0.39 is 0 Å². The maximum Gasteiger partial charge on any atom is 0.209 e. The third-order valence-electron chi connectivity index (χ3n) is 2.95. The summed E-state index contributed by atoms with van der Waals surface area (Å²) in [5, 5.41) is 0.622. The Kier molecular flexibility index (Phi) is 4.30. The molecule has 1 saturated heterocycles. The zero-order valence-corrected chi connectivity index (χ0v) is 10.2. The molecule has 3 atom stereocenters. The summed E-state index contributed by atoms with van der Waals surface area (Å²) in [6.45, 7) is 10.2. The van der Waals surface area contributed by atoms with Crippen molar-refractivity contribution < 1.29 is 4.79 Å². The number of hydrogen-bond donors (Lipinski definition) is 0. The lowest BCUT2D eigenvalue weighted by Gasteiger charge is -2.22. The average Bonchev–Trinajstić information content (AvgIpc) is 2.41. The predicted octanol–water partition coefficient (Wildman–Crippen LogP) is 2.82. The molecule has 0 radical (unpaired) electrons. The minimum absolute atomic E-state index is 0.321. The van der Waals surface area contributed by atoms with E-state index in [4.69, 9.17) is 0 Å². The van der Waals surface area contributed by atoms with Crippen molar-refractivity contribution in [1.29, 1.82) is 0 Å². The predicted molar refractivity (Wildman–Crippen MR) is 66.2 cm³/mol. The number of allylic oxidation sites excluding steroid dienone is 1. The molecule has 0 spiro atoms. The van der Waals surface area contributed by atoms with E-state index in [1.807, 2.05) is 11.8 Å². The molecule has 1 aliphatic heterocycles. The van der Waals surface area contributed by atoms with Gasteiger partial charge in [-0.15, -0.1) is 11.8 Å². The average molecular weight is 210 g/mol. The van der Waals surface area contributed by atoms with Gasteiger partial charge in [-0.05, 0) is 30.0 Å². The Balaban J connectivity index is 2.60. The lowest BCUT2D eigenvalue weighted by molar-refractivity contribution is -0.110. The molecule has 1 nitrogen and oxygen atoms in total. The fourth-order valence-corrected chi connectivity index (χ4v) is 3.81. The fraction of sp³-hybridized carbons (Fsp3) is 0.727. The van der Waals surface area contributed by atoms with Crippen LogP contribution in [0.5, 0.6) is 0 Å². The number of carbonyl (C=O) groups is 1. The number of carbonyl (C=O) groups excluding carboxylic acids is 1. The molecule has 0 aromatic rings. The first-order valence-corrected chi connectivity index (χ1v) is 6.26. The Hall–Kier alpha value is -0.175. The molecule has 0 aliphatic carbocycles. The first-order valence-electron chi connectivity index (χ1n) is 5.38. The van der Waals surface area contributed by atoms with Gasteiger partial charge in [-0.3, -0.25) is 0 Å². The van der Waals surface area contributed by atoms with E-state index in [-0.39, 0.29) is 0 Å². The van der Waals surface area contributed by atoms with Gasteiger partial charge in [0.2, 0.25) is 7.28 Å². The van der Waals surface area contributed by atoms with Crippen molar-refractivity contribution in [1.82, 2.24) is 0 Å². The summed E-state index contributed by atoms with van der Waals surface area (Å²) in [6, 6.07) is 0. The molecule has 0 amide bonds. The molecule has 0 saturated carbocycles. The minimum atomic E-state index is 0.321. The smallest absolute Gasteiger partial charge is 0.209 e. The first kappa shape index (κ1) is 11.9. The van der Waals surface area contributed by atoms with Crippen LogP contribution in [0.2, 0.25) is 5.82 Å². The van der Waals surface area contributed by atoms with Gasteiger partial charge in [-0.1, -0.05) is 26.8 Å². The van der Waals surface area contributed by atoms with Gasteiger partial charge in [0.15, 0.2) is 0 Å². The van der Waals surface area contributed by atoms with Gasteiger partial charge in [0, 0.05) is 5.25 Å². The van der Waals surface area contributed by atoms with Gasteiger partial charge in [0.25, 0.3) is 0 Å². The van der Waals surface area contributed by atoms with E-state index >= 15 is 0 Å². The Labute approximate surface area is 92.0 Å². The molecule has 1 heterocycles. The van der Waals surface area contributed by atoms with Crippen molar-refractivity contribution in [2.75, 3.05) is 0 Å². The summed E-state index contributed by atoms with van der Waals surface area (Å²) in [4.78, 5) is 12.4. The lowest BCUT2D eigenvalue weighted by Crippen LogP contribution is -2.24. The molecule has 1 aliphatic rings. The molecule has 14 heavy (non-hydrogen) atoms. The molecule has 1 fully saturated rings. The molecular weight excluding hydrogens is 191 g/mol. The molecular formula is C11H19BOS. The van der Waals surface area contributed by atoms with Gasteiger partial charge in [0.05, 0.1) is 5.68 Å². The van der Waals surface area contributed by atoms with Crippen molar-refractivity contribution >= 4 is 24.7 Å².